The van der Waals surface area contributed by atoms with Gasteiger partial charge in [-0.3, -0.25) is 0 Å². The van der Waals surface area contributed by atoms with Gasteiger partial charge in [-0.25, -0.2) is 0 Å². The van der Waals surface area contributed by atoms with Gasteiger partial charge in [0.1, 0.15) is 0 Å². The molecule has 1 aromatic carbocycles. The Bertz CT molecular complexity index is 363. The zero-order chi connectivity index (χ0) is 13.4. The molecule has 0 saturated carbocycles. The number of nitrogens with one attached hydrogen (secondary N) is 1. The van der Waals surface area contributed by atoms with E-state index in [4.69, 9.17) is 16.7 Å². The number of rotatable bonds is 8. The molecule has 0 fully saturated rings. The van der Waals surface area contributed by atoms with Crippen molar-refractivity contribution in [2.45, 2.75) is 30.9 Å². The number of aliphatic hydroxyl groups is 2. The van der Waals surface area contributed by atoms with Crippen LogP contribution < -0.4 is 5.32 Å². The molecular formula is C13H20ClNO2S. The van der Waals surface area contributed by atoms with Crippen LogP contribution in [0.15, 0.2) is 23.1 Å². The van der Waals surface area contributed by atoms with Gasteiger partial charge in [0.2, 0.25) is 0 Å². The molecule has 0 amide bonds. The minimum Gasteiger partial charge on any atom is -0.394 e. The predicted molar refractivity (Wildman–Crippen MR) is 77.3 cm³/mol. The number of halogens is 1. The van der Waals surface area contributed by atoms with Gasteiger partial charge in [-0.15, -0.1) is 11.8 Å². The second-order valence-electron chi connectivity index (χ2n) is 4.08. The largest absolute Gasteiger partial charge is 0.394 e. The molecule has 3 N–H and O–H groups in total. The SMILES string of the molecule is CCCNCc1cc(Cl)ccc1SCC(O)CO. The summed E-state index contributed by atoms with van der Waals surface area (Å²) in [5.41, 5.74) is 1.13. The summed E-state index contributed by atoms with van der Waals surface area (Å²) in [6.45, 7) is 3.66. The number of aliphatic hydroxyl groups excluding tert-OH is 2. The molecule has 1 rings (SSSR count). The van der Waals surface area contributed by atoms with Gasteiger partial charge >= 0.3 is 0 Å². The molecule has 0 aliphatic heterocycles. The maximum absolute atomic E-state index is 9.37. The van der Waals surface area contributed by atoms with Gasteiger partial charge in [-0.2, -0.15) is 0 Å². The smallest absolute Gasteiger partial charge is 0.0864 e. The molecule has 3 nitrogen and oxygen atoms in total. The second kappa shape index (κ2) is 8.77. The highest BCUT2D eigenvalue weighted by molar-refractivity contribution is 7.99. The van der Waals surface area contributed by atoms with E-state index in [-0.39, 0.29) is 6.61 Å². The van der Waals surface area contributed by atoms with E-state index in [0.717, 1.165) is 35.0 Å². The third kappa shape index (κ3) is 5.59. The number of hydrogen-bond donors (Lipinski definition) is 3. The van der Waals surface area contributed by atoms with E-state index in [9.17, 15) is 5.11 Å². The summed E-state index contributed by atoms with van der Waals surface area (Å²) in [5.74, 6) is 0.485. The van der Waals surface area contributed by atoms with Crippen molar-refractivity contribution in [3.8, 4) is 0 Å². The van der Waals surface area contributed by atoms with Crippen LogP contribution in [0.3, 0.4) is 0 Å². The lowest BCUT2D eigenvalue weighted by atomic mass is 10.2. The highest BCUT2D eigenvalue weighted by Crippen LogP contribution is 2.26. The Hall–Kier alpha value is -0.260. The van der Waals surface area contributed by atoms with E-state index in [0.29, 0.717) is 5.75 Å². The molecule has 0 radical (unpaired) electrons. The summed E-state index contributed by atoms with van der Waals surface area (Å²) in [6.07, 6.45) is 0.411. The summed E-state index contributed by atoms with van der Waals surface area (Å²) in [5, 5.41) is 22.2. The third-order valence-electron chi connectivity index (χ3n) is 2.41. The van der Waals surface area contributed by atoms with Crippen molar-refractivity contribution in [1.82, 2.24) is 5.32 Å². The standard InChI is InChI=1S/C13H20ClNO2S/c1-2-5-15-7-10-6-11(14)3-4-13(10)18-9-12(17)8-16/h3-4,6,12,15-17H,2,5,7-9H2,1H3. The van der Waals surface area contributed by atoms with Gasteiger partial charge in [-0.05, 0) is 36.7 Å². The van der Waals surface area contributed by atoms with E-state index < -0.39 is 6.10 Å². The lowest BCUT2D eigenvalue weighted by Gasteiger charge is -2.12. The van der Waals surface area contributed by atoms with Crippen LogP contribution in [-0.4, -0.2) is 35.2 Å². The molecule has 0 bridgehead atoms. The van der Waals surface area contributed by atoms with Crippen LogP contribution >= 0.6 is 23.4 Å². The first kappa shape index (κ1) is 15.8. The normalized spacial score (nSPS) is 12.7. The highest BCUT2D eigenvalue weighted by Gasteiger charge is 2.07. The van der Waals surface area contributed by atoms with Crippen molar-refractivity contribution in [2.24, 2.45) is 0 Å². The molecular weight excluding hydrogens is 270 g/mol. The summed E-state index contributed by atoms with van der Waals surface area (Å²) < 4.78 is 0. The van der Waals surface area contributed by atoms with Crippen LogP contribution in [0.1, 0.15) is 18.9 Å². The Balaban J connectivity index is 2.63. The maximum Gasteiger partial charge on any atom is 0.0864 e. The second-order valence-corrected chi connectivity index (χ2v) is 5.57. The zero-order valence-electron chi connectivity index (χ0n) is 10.5. The van der Waals surface area contributed by atoms with E-state index in [1.807, 2.05) is 18.2 Å². The van der Waals surface area contributed by atoms with Crippen LogP contribution in [0.4, 0.5) is 0 Å². The van der Waals surface area contributed by atoms with Crippen molar-refractivity contribution >= 4 is 23.4 Å². The minimum absolute atomic E-state index is 0.204. The Morgan fingerprint density at radius 3 is 2.89 bits per heavy atom. The molecule has 0 saturated heterocycles. The van der Waals surface area contributed by atoms with E-state index >= 15 is 0 Å². The first-order valence-corrected chi connectivity index (χ1v) is 7.44. The average Bonchev–Trinajstić information content (AvgIpc) is 2.37. The third-order valence-corrected chi connectivity index (χ3v) is 3.90. The molecule has 0 aliphatic carbocycles. The lowest BCUT2D eigenvalue weighted by Crippen LogP contribution is -2.16. The quantitative estimate of drug-likeness (QED) is 0.508. The van der Waals surface area contributed by atoms with Crippen LogP contribution in [0.25, 0.3) is 0 Å². The molecule has 0 spiro atoms. The summed E-state index contributed by atoms with van der Waals surface area (Å²) in [4.78, 5) is 1.09. The molecule has 0 aromatic heterocycles. The fraction of sp³-hybridized carbons (Fsp3) is 0.538. The Kier molecular flexibility index (Phi) is 7.70. The van der Waals surface area contributed by atoms with Gasteiger partial charge in [-0.1, -0.05) is 18.5 Å². The first-order chi connectivity index (χ1) is 8.67. The Morgan fingerprint density at radius 1 is 1.44 bits per heavy atom. The minimum atomic E-state index is -0.679. The summed E-state index contributed by atoms with van der Waals surface area (Å²) >= 11 is 7.53. The maximum atomic E-state index is 9.37. The van der Waals surface area contributed by atoms with Crippen LogP contribution in [0.2, 0.25) is 5.02 Å². The topological polar surface area (TPSA) is 52.5 Å². The highest BCUT2D eigenvalue weighted by atomic mass is 35.5. The molecule has 1 unspecified atom stereocenters. The predicted octanol–water partition coefficient (Wildman–Crippen LogP) is 2.28. The molecule has 0 aliphatic rings. The number of benzene rings is 1. The fourth-order valence-corrected chi connectivity index (χ4v) is 2.62. The first-order valence-electron chi connectivity index (χ1n) is 6.08. The zero-order valence-corrected chi connectivity index (χ0v) is 12.1. The van der Waals surface area contributed by atoms with Gasteiger partial charge < -0.3 is 15.5 Å². The fourth-order valence-electron chi connectivity index (χ4n) is 1.47. The average molecular weight is 290 g/mol. The summed E-state index contributed by atoms with van der Waals surface area (Å²) in [6, 6.07) is 5.75. The molecule has 0 heterocycles. The number of hydrogen-bond acceptors (Lipinski definition) is 4. The number of thioether (sulfide) groups is 1. The summed E-state index contributed by atoms with van der Waals surface area (Å²) in [7, 11) is 0. The van der Waals surface area contributed by atoms with Gasteiger partial charge in [0.25, 0.3) is 0 Å². The van der Waals surface area contributed by atoms with E-state index in [1.165, 1.54) is 11.8 Å². The van der Waals surface area contributed by atoms with Crippen LogP contribution in [0, 0.1) is 0 Å². The Labute approximate surface area is 118 Å². The van der Waals surface area contributed by atoms with Crippen molar-refractivity contribution < 1.29 is 10.2 Å². The molecule has 1 aromatic rings. The van der Waals surface area contributed by atoms with Gasteiger partial charge in [0.15, 0.2) is 0 Å². The molecule has 102 valence electrons. The van der Waals surface area contributed by atoms with Gasteiger partial charge in [0.05, 0.1) is 12.7 Å². The Morgan fingerprint density at radius 2 is 2.22 bits per heavy atom. The van der Waals surface area contributed by atoms with E-state index in [1.54, 1.807) is 0 Å². The van der Waals surface area contributed by atoms with Crippen molar-refractivity contribution in [3.05, 3.63) is 28.8 Å². The van der Waals surface area contributed by atoms with Crippen molar-refractivity contribution in [3.63, 3.8) is 0 Å². The molecule has 18 heavy (non-hydrogen) atoms. The van der Waals surface area contributed by atoms with Gasteiger partial charge in [0, 0.05) is 22.2 Å². The van der Waals surface area contributed by atoms with Crippen molar-refractivity contribution in [1.29, 1.82) is 0 Å². The van der Waals surface area contributed by atoms with Crippen LogP contribution in [-0.2, 0) is 6.54 Å². The van der Waals surface area contributed by atoms with E-state index in [2.05, 4.69) is 12.2 Å². The van der Waals surface area contributed by atoms with Crippen molar-refractivity contribution in [2.75, 3.05) is 18.9 Å². The van der Waals surface area contributed by atoms with Crippen LogP contribution in [0.5, 0.6) is 0 Å². The monoisotopic (exact) mass is 289 g/mol. The molecule has 1 atom stereocenters. The lowest BCUT2D eigenvalue weighted by molar-refractivity contribution is 0.113. The molecule has 5 heteroatoms.